The lowest BCUT2D eigenvalue weighted by molar-refractivity contribution is 0.667. The minimum atomic E-state index is 1.02. The highest BCUT2D eigenvalue weighted by Crippen LogP contribution is 2.11. The van der Waals surface area contributed by atoms with Gasteiger partial charge in [0.15, 0.2) is 0 Å². The van der Waals surface area contributed by atoms with E-state index in [0.717, 1.165) is 22.3 Å². The van der Waals surface area contributed by atoms with Crippen LogP contribution in [-0.4, -0.2) is 0 Å². The molecule has 0 aliphatic rings. The maximum absolute atomic E-state index is 3.28. The van der Waals surface area contributed by atoms with Crippen molar-refractivity contribution in [2.45, 2.75) is 78.1 Å². The number of hydrogen-bond acceptors (Lipinski definition) is 0. The fourth-order valence-electron chi connectivity index (χ4n) is 3.95. The zero-order valence-corrected chi connectivity index (χ0v) is 21.0. The molecule has 0 bridgehead atoms. The lowest BCUT2D eigenvalue weighted by atomic mass is 10.0. The van der Waals surface area contributed by atoms with Gasteiger partial charge in [-0.25, -0.2) is 0 Å². The van der Waals surface area contributed by atoms with Gasteiger partial charge in [-0.3, -0.25) is 0 Å². The van der Waals surface area contributed by atoms with Gasteiger partial charge in [0.1, 0.15) is 0 Å². The van der Waals surface area contributed by atoms with Crippen LogP contribution in [0.5, 0.6) is 0 Å². The van der Waals surface area contributed by atoms with Crippen LogP contribution in [0, 0.1) is 23.7 Å². The number of hydrogen-bond donors (Lipinski definition) is 0. The summed E-state index contributed by atoms with van der Waals surface area (Å²) in [5, 5.41) is 0. The van der Waals surface area contributed by atoms with E-state index < -0.39 is 0 Å². The second kappa shape index (κ2) is 14.8. The second-order valence-electron chi connectivity index (χ2n) is 9.09. The van der Waals surface area contributed by atoms with E-state index in [1.807, 2.05) is 0 Å². The summed E-state index contributed by atoms with van der Waals surface area (Å²) < 4.78 is 0. The molecule has 3 aromatic carbocycles. The number of rotatable bonds is 10. The molecule has 0 aliphatic carbocycles. The first-order valence-electron chi connectivity index (χ1n) is 13.1. The third kappa shape index (κ3) is 9.33. The van der Waals surface area contributed by atoms with Crippen LogP contribution in [0.1, 0.15) is 98.6 Å². The van der Waals surface area contributed by atoms with Gasteiger partial charge >= 0.3 is 0 Å². The predicted octanol–water partition coefficient (Wildman–Crippen LogP) is 8.73. The van der Waals surface area contributed by atoms with Crippen molar-refractivity contribution in [1.29, 1.82) is 0 Å². The first kappa shape index (κ1) is 25.4. The third-order valence-corrected chi connectivity index (χ3v) is 6.13. The van der Waals surface area contributed by atoms with Gasteiger partial charge in [0.25, 0.3) is 0 Å². The van der Waals surface area contributed by atoms with Crippen LogP contribution in [0.2, 0.25) is 0 Å². The molecule has 34 heavy (non-hydrogen) atoms. The summed E-state index contributed by atoms with van der Waals surface area (Å²) >= 11 is 0. The Kier molecular flexibility index (Phi) is 11.1. The summed E-state index contributed by atoms with van der Waals surface area (Å²) in [7, 11) is 0. The van der Waals surface area contributed by atoms with Crippen molar-refractivity contribution in [3.8, 4) is 23.7 Å². The Bertz CT molecular complexity index is 999. The van der Waals surface area contributed by atoms with Crippen LogP contribution in [0.25, 0.3) is 0 Å². The summed E-state index contributed by atoms with van der Waals surface area (Å²) in [5.74, 6) is 13.1. The van der Waals surface area contributed by atoms with Crippen LogP contribution in [-0.2, 0) is 12.8 Å². The van der Waals surface area contributed by atoms with Gasteiger partial charge in [-0.05, 0) is 85.3 Å². The van der Waals surface area contributed by atoms with Crippen LogP contribution in [0.4, 0.5) is 0 Å². The molecule has 0 aromatic heterocycles. The molecular formula is C34H38. The third-order valence-electron chi connectivity index (χ3n) is 6.13. The maximum atomic E-state index is 3.28. The average molecular weight is 447 g/mol. The first-order valence-corrected chi connectivity index (χ1v) is 13.1. The van der Waals surface area contributed by atoms with Crippen molar-refractivity contribution in [2.24, 2.45) is 0 Å². The lowest BCUT2D eigenvalue weighted by Gasteiger charge is -2.01. The van der Waals surface area contributed by atoms with E-state index in [1.165, 1.54) is 75.3 Å². The number of benzene rings is 3. The van der Waals surface area contributed by atoms with Crippen LogP contribution >= 0.6 is 0 Å². The van der Waals surface area contributed by atoms with E-state index in [4.69, 9.17) is 0 Å². The van der Waals surface area contributed by atoms with E-state index in [0.29, 0.717) is 0 Å². The highest BCUT2D eigenvalue weighted by Gasteiger charge is 1.96. The molecule has 0 radical (unpaired) electrons. The van der Waals surface area contributed by atoms with Gasteiger partial charge in [-0.15, -0.1) is 0 Å². The highest BCUT2D eigenvalue weighted by atomic mass is 14.0. The monoisotopic (exact) mass is 446 g/mol. The Balaban J connectivity index is 1.50. The zero-order valence-electron chi connectivity index (χ0n) is 21.0. The fraction of sp³-hybridized carbons (Fsp3) is 0.353. The van der Waals surface area contributed by atoms with Crippen molar-refractivity contribution in [3.63, 3.8) is 0 Å². The quantitative estimate of drug-likeness (QED) is 0.216. The first-order chi connectivity index (χ1) is 16.8. The van der Waals surface area contributed by atoms with E-state index >= 15 is 0 Å². The summed E-state index contributed by atoms with van der Waals surface area (Å²) in [6, 6.07) is 25.6. The number of aryl methyl sites for hydroxylation is 2. The smallest absolute Gasteiger partial charge is 0.0249 e. The van der Waals surface area contributed by atoms with Gasteiger partial charge in [0, 0.05) is 22.3 Å². The summed E-state index contributed by atoms with van der Waals surface area (Å²) in [5.41, 5.74) is 6.98. The fourth-order valence-corrected chi connectivity index (χ4v) is 3.95. The van der Waals surface area contributed by atoms with E-state index in [-0.39, 0.29) is 0 Å². The van der Waals surface area contributed by atoms with E-state index in [1.54, 1.807) is 0 Å². The molecule has 0 heterocycles. The second-order valence-corrected chi connectivity index (χ2v) is 9.09. The summed E-state index contributed by atoms with van der Waals surface area (Å²) in [6.07, 6.45) is 12.8. The molecule has 3 aromatic rings. The largest absolute Gasteiger partial charge is 0.0654 e. The molecule has 0 saturated heterocycles. The lowest BCUT2D eigenvalue weighted by Crippen LogP contribution is -1.86. The van der Waals surface area contributed by atoms with Gasteiger partial charge in [-0.2, -0.15) is 0 Å². The average Bonchev–Trinajstić information content (AvgIpc) is 2.89. The normalized spacial score (nSPS) is 10.2. The molecule has 0 unspecified atom stereocenters. The predicted molar refractivity (Wildman–Crippen MR) is 147 cm³/mol. The maximum Gasteiger partial charge on any atom is 0.0249 e. The van der Waals surface area contributed by atoms with Gasteiger partial charge in [0.2, 0.25) is 0 Å². The molecule has 0 saturated carbocycles. The van der Waals surface area contributed by atoms with E-state index in [9.17, 15) is 0 Å². The Hall–Kier alpha value is -3.22. The molecule has 3 rings (SSSR count). The van der Waals surface area contributed by atoms with Crippen molar-refractivity contribution in [2.75, 3.05) is 0 Å². The molecule has 0 heteroatoms. The van der Waals surface area contributed by atoms with Crippen molar-refractivity contribution in [3.05, 3.63) is 106 Å². The van der Waals surface area contributed by atoms with E-state index in [2.05, 4.69) is 110 Å². The molecule has 0 aliphatic heterocycles. The molecular weight excluding hydrogens is 408 g/mol. The Morgan fingerprint density at radius 3 is 0.971 bits per heavy atom. The highest BCUT2D eigenvalue weighted by molar-refractivity contribution is 5.48. The van der Waals surface area contributed by atoms with Gasteiger partial charge in [0.05, 0.1) is 0 Å². The Labute approximate surface area is 207 Å². The van der Waals surface area contributed by atoms with Crippen molar-refractivity contribution in [1.82, 2.24) is 0 Å². The molecule has 0 N–H and O–H groups in total. The SMILES string of the molecule is CCCCCCc1ccc(C#Cc2ccc(C#Cc3ccc(CCCCCC)cc3)cc2)cc1. The number of unbranched alkanes of at least 4 members (excludes halogenated alkanes) is 6. The Morgan fingerprint density at radius 2 is 0.676 bits per heavy atom. The topological polar surface area (TPSA) is 0 Å². The summed E-state index contributed by atoms with van der Waals surface area (Å²) in [6.45, 7) is 4.51. The minimum Gasteiger partial charge on any atom is -0.0654 e. The standard InChI is InChI=1S/C34H38/c1-3-5-7-9-11-29-13-17-31(18-14-29)21-23-33-25-27-34(28-26-33)24-22-32-19-15-30(16-20-32)12-10-8-6-4-2/h13-20,25-28H,3-12H2,1-2H3. The molecule has 0 amide bonds. The Morgan fingerprint density at radius 1 is 0.382 bits per heavy atom. The van der Waals surface area contributed by atoms with Gasteiger partial charge < -0.3 is 0 Å². The molecule has 0 spiro atoms. The molecule has 0 atom stereocenters. The minimum absolute atomic E-state index is 1.02. The van der Waals surface area contributed by atoms with Crippen LogP contribution < -0.4 is 0 Å². The van der Waals surface area contributed by atoms with Crippen LogP contribution in [0.15, 0.2) is 72.8 Å². The van der Waals surface area contributed by atoms with Gasteiger partial charge in [-0.1, -0.05) is 100 Å². The molecule has 0 nitrogen and oxygen atoms in total. The molecule has 0 fully saturated rings. The zero-order chi connectivity index (χ0) is 23.8. The van der Waals surface area contributed by atoms with Crippen molar-refractivity contribution < 1.29 is 0 Å². The molecule has 174 valence electrons. The van der Waals surface area contributed by atoms with Crippen LogP contribution in [0.3, 0.4) is 0 Å². The summed E-state index contributed by atoms with van der Waals surface area (Å²) in [4.78, 5) is 0. The van der Waals surface area contributed by atoms with Crippen molar-refractivity contribution >= 4 is 0 Å².